The van der Waals surface area contributed by atoms with Gasteiger partial charge in [0.1, 0.15) is 5.60 Å². The number of rotatable bonds is 6. The minimum atomic E-state index is -0.777. The second-order valence-electron chi connectivity index (χ2n) is 6.23. The van der Waals surface area contributed by atoms with E-state index in [2.05, 4.69) is 5.32 Å². The zero-order valence-corrected chi connectivity index (χ0v) is 12.6. The van der Waals surface area contributed by atoms with Crippen molar-refractivity contribution in [2.45, 2.75) is 51.7 Å². The van der Waals surface area contributed by atoms with Gasteiger partial charge in [-0.15, -0.1) is 0 Å². The number of hydrogen-bond acceptors (Lipinski definition) is 5. The second-order valence-corrected chi connectivity index (χ2v) is 6.23. The average molecular weight is 286 g/mol. The summed E-state index contributed by atoms with van der Waals surface area (Å²) in [5.74, 6) is -0.963. The number of carbonyl (C=O) groups is 2. The molecular formula is C14H26N2O4. The molecule has 0 bridgehead atoms. The first-order valence-corrected chi connectivity index (χ1v) is 7.15. The van der Waals surface area contributed by atoms with Gasteiger partial charge in [0.15, 0.2) is 0 Å². The van der Waals surface area contributed by atoms with Crippen LogP contribution in [0.2, 0.25) is 0 Å². The largest absolute Gasteiger partial charge is 0.480 e. The summed E-state index contributed by atoms with van der Waals surface area (Å²) in [6.45, 7) is 7.87. The summed E-state index contributed by atoms with van der Waals surface area (Å²) in [4.78, 5) is 24.1. The molecule has 6 heteroatoms. The first-order chi connectivity index (χ1) is 9.26. The Morgan fingerprint density at radius 1 is 1.30 bits per heavy atom. The predicted molar refractivity (Wildman–Crippen MR) is 75.6 cm³/mol. The Morgan fingerprint density at radius 2 is 1.90 bits per heavy atom. The Labute approximate surface area is 120 Å². The van der Waals surface area contributed by atoms with Crippen LogP contribution in [0, 0.1) is 0 Å². The molecule has 0 spiro atoms. The average Bonchev–Trinajstić information content (AvgIpc) is 2.28. The van der Waals surface area contributed by atoms with Crippen molar-refractivity contribution in [3.63, 3.8) is 0 Å². The Morgan fingerprint density at radius 3 is 2.40 bits per heavy atom. The molecule has 1 saturated heterocycles. The van der Waals surface area contributed by atoms with Gasteiger partial charge >= 0.3 is 11.9 Å². The van der Waals surface area contributed by atoms with E-state index < -0.39 is 11.6 Å². The smallest absolute Gasteiger partial charge is 0.317 e. The summed E-state index contributed by atoms with van der Waals surface area (Å²) >= 11 is 0. The van der Waals surface area contributed by atoms with Crippen LogP contribution in [0.15, 0.2) is 0 Å². The van der Waals surface area contributed by atoms with Crippen molar-refractivity contribution in [2.75, 3.05) is 26.2 Å². The van der Waals surface area contributed by atoms with Crippen LogP contribution in [0.25, 0.3) is 0 Å². The fraction of sp³-hybridized carbons (Fsp3) is 0.857. The Balaban J connectivity index is 2.12. The lowest BCUT2D eigenvalue weighted by molar-refractivity contribution is -0.154. The maximum Gasteiger partial charge on any atom is 0.317 e. The Kier molecular flexibility index (Phi) is 6.42. The van der Waals surface area contributed by atoms with Crippen molar-refractivity contribution >= 4 is 11.9 Å². The summed E-state index contributed by atoms with van der Waals surface area (Å²) in [6.07, 6.45) is 2.20. The number of likely N-dealkylation sites (tertiary alicyclic amines) is 1. The molecule has 0 atom stereocenters. The Bertz CT molecular complexity index is 331. The maximum absolute atomic E-state index is 11.5. The molecule has 2 N–H and O–H groups in total. The minimum Gasteiger partial charge on any atom is -0.480 e. The maximum atomic E-state index is 11.5. The number of piperidine rings is 1. The lowest BCUT2D eigenvalue weighted by atomic mass is 10.1. The molecule has 6 nitrogen and oxygen atoms in total. The zero-order chi connectivity index (χ0) is 15.2. The number of carboxylic acid groups (broad SMARTS) is 1. The summed E-state index contributed by atoms with van der Waals surface area (Å²) in [7, 11) is 0. The highest BCUT2D eigenvalue weighted by atomic mass is 16.6. The lowest BCUT2D eigenvalue weighted by Crippen LogP contribution is -2.44. The molecule has 0 saturated carbocycles. The molecule has 1 aliphatic rings. The number of ether oxygens (including phenoxy) is 1. The predicted octanol–water partition coefficient (Wildman–Crippen LogP) is 0.857. The summed E-state index contributed by atoms with van der Waals surface area (Å²) in [5, 5.41) is 12.1. The molecule has 0 aromatic carbocycles. The molecule has 1 heterocycles. The molecule has 0 aromatic rings. The van der Waals surface area contributed by atoms with E-state index in [1.54, 1.807) is 0 Å². The molecule has 20 heavy (non-hydrogen) atoms. The number of hydrogen-bond donors (Lipinski definition) is 2. The molecule has 1 aliphatic heterocycles. The normalized spacial score (nSPS) is 17.9. The van der Waals surface area contributed by atoms with Crippen LogP contribution in [0.1, 0.15) is 40.0 Å². The van der Waals surface area contributed by atoms with E-state index >= 15 is 0 Å². The number of carbonyl (C=O) groups excluding carboxylic acids is 1. The summed E-state index contributed by atoms with van der Waals surface area (Å²) < 4.78 is 5.24. The molecule has 1 rings (SSSR count). The van der Waals surface area contributed by atoms with Crippen molar-refractivity contribution in [3.8, 4) is 0 Å². The first-order valence-electron chi connectivity index (χ1n) is 7.15. The number of nitrogens with one attached hydrogen (secondary N) is 1. The van der Waals surface area contributed by atoms with Crippen molar-refractivity contribution in [1.29, 1.82) is 0 Å². The van der Waals surface area contributed by atoms with E-state index in [9.17, 15) is 9.59 Å². The van der Waals surface area contributed by atoms with Crippen LogP contribution in [0.4, 0.5) is 0 Å². The van der Waals surface area contributed by atoms with E-state index in [1.807, 2.05) is 25.7 Å². The van der Waals surface area contributed by atoms with Gasteiger partial charge in [0, 0.05) is 25.7 Å². The van der Waals surface area contributed by atoms with Crippen LogP contribution in [-0.4, -0.2) is 59.8 Å². The third-order valence-corrected chi connectivity index (χ3v) is 3.13. The van der Waals surface area contributed by atoms with Crippen LogP contribution in [0.5, 0.6) is 0 Å². The standard InChI is InChI=1S/C14H26N2O4/c1-14(2,3)20-13(19)4-7-15-11-5-8-16(9-6-11)10-12(17)18/h11,15H,4-10H2,1-3H3,(H,17,18). The third-order valence-electron chi connectivity index (χ3n) is 3.13. The second kappa shape index (κ2) is 7.59. The number of esters is 1. The van der Waals surface area contributed by atoms with Crippen molar-refractivity contribution < 1.29 is 19.4 Å². The molecule has 0 aliphatic carbocycles. The van der Waals surface area contributed by atoms with Crippen LogP contribution < -0.4 is 5.32 Å². The van der Waals surface area contributed by atoms with Gasteiger partial charge in [-0.3, -0.25) is 14.5 Å². The van der Waals surface area contributed by atoms with Crippen LogP contribution in [0.3, 0.4) is 0 Å². The number of carboxylic acids is 1. The summed E-state index contributed by atoms with van der Waals surface area (Å²) in [5.41, 5.74) is -0.431. The monoisotopic (exact) mass is 286 g/mol. The molecule has 0 aromatic heterocycles. The lowest BCUT2D eigenvalue weighted by Gasteiger charge is -2.31. The molecule has 1 fully saturated rings. The van der Waals surface area contributed by atoms with E-state index in [4.69, 9.17) is 9.84 Å². The third kappa shape index (κ3) is 7.45. The van der Waals surface area contributed by atoms with Gasteiger partial charge in [-0.05, 0) is 33.6 Å². The molecule has 0 amide bonds. The highest BCUT2D eigenvalue weighted by Crippen LogP contribution is 2.11. The van der Waals surface area contributed by atoms with E-state index in [-0.39, 0.29) is 12.5 Å². The van der Waals surface area contributed by atoms with Crippen molar-refractivity contribution in [3.05, 3.63) is 0 Å². The van der Waals surface area contributed by atoms with Gasteiger partial charge in [-0.25, -0.2) is 0 Å². The van der Waals surface area contributed by atoms with Crippen LogP contribution >= 0.6 is 0 Å². The van der Waals surface area contributed by atoms with Gasteiger partial charge in [-0.2, -0.15) is 0 Å². The van der Waals surface area contributed by atoms with E-state index in [1.165, 1.54) is 0 Å². The van der Waals surface area contributed by atoms with E-state index in [0.717, 1.165) is 25.9 Å². The highest BCUT2D eigenvalue weighted by molar-refractivity contribution is 5.70. The zero-order valence-electron chi connectivity index (χ0n) is 12.6. The van der Waals surface area contributed by atoms with Gasteiger partial charge in [0.25, 0.3) is 0 Å². The molecule has 0 unspecified atom stereocenters. The number of nitrogens with zero attached hydrogens (tertiary/aromatic N) is 1. The minimum absolute atomic E-state index is 0.116. The quantitative estimate of drug-likeness (QED) is 0.705. The van der Waals surface area contributed by atoms with E-state index in [0.29, 0.717) is 19.0 Å². The molecular weight excluding hydrogens is 260 g/mol. The first kappa shape index (κ1) is 16.9. The van der Waals surface area contributed by atoms with Gasteiger partial charge in [0.2, 0.25) is 0 Å². The Hall–Kier alpha value is -1.14. The van der Waals surface area contributed by atoms with Crippen molar-refractivity contribution in [1.82, 2.24) is 10.2 Å². The SMILES string of the molecule is CC(C)(C)OC(=O)CCNC1CCN(CC(=O)O)CC1. The van der Waals surface area contributed by atoms with Gasteiger partial charge < -0.3 is 15.2 Å². The van der Waals surface area contributed by atoms with Crippen molar-refractivity contribution in [2.24, 2.45) is 0 Å². The molecule has 0 radical (unpaired) electrons. The van der Waals surface area contributed by atoms with Crippen LogP contribution in [-0.2, 0) is 14.3 Å². The summed E-state index contributed by atoms with van der Waals surface area (Å²) in [6, 6.07) is 0.363. The fourth-order valence-corrected chi connectivity index (χ4v) is 2.26. The van der Waals surface area contributed by atoms with Gasteiger partial charge in [-0.1, -0.05) is 0 Å². The number of aliphatic carboxylic acids is 1. The topological polar surface area (TPSA) is 78.9 Å². The van der Waals surface area contributed by atoms with Gasteiger partial charge in [0.05, 0.1) is 13.0 Å². The highest BCUT2D eigenvalue weighted by Gasteiger charge is 2.21. The molecule has 116 valence electrons. The fourth-order valence-electron chi connectivity index (χ4n) is 2.26.